The van der Waals surface area contributed by atoms with E-state index in [0.29, 0.717) is 11.8 Å². The number of benzene rings is 1. The molecule has 0 amide bonds. The Morgan fingerprint density at radius 2 is 2.12 bits per heavy atom. The zero-order valence-electron chi connectivity index (χ0n) is 10.1. The van der Waals surface area contributed by atoms with Gasteiger partial charge in [0, 0.05) is 5.30 Å². The molecule has 1 aliphatic carbocycles. The summed E-state index contributed by atoms with van der Waals surface area (Å²) in [6.07, 6.45) is 0.822. The minimum atomic E-state index is -2.16. The van der Waals surface area contributed by atoms with Crippen LogP contribution in [0.15, 0.2) is 24.3 Å². The molecule has 1 saturated carbocycles. The van der Waals surface area contributed by atoms with Crippen LogP contribution >= 0.6 is 7.14 Å². The van der Waals surface area contributed by atoms with Crippen LogP contribution in [-0.4, -0.2) is 24.5 Å². The van der Waals surface area contributed by atoms with Crippen LogP contribution in [0.3, 0.4) is 0 Å². The van der Waals surface area contributed by atoms with Crippen LogP contribution in [0.5, 0.6) is 0 Å². The molecule has 0 saturated heterocycles. The molecule has 1 aromatic rings. The fourth-order valence-corrected chi connectivity index (χ4v) is 3.13. The van der Waals surface area contributed by atoms with E-state index in [4.69, 9.17) is 0 Å². The van der Waals surface area contributed by atoms with Gasteiger partial charge in [-0.3, -0.25) is 0 Å². The Bertz CT molecular complexity index is 433. The second kappa shape index (κ2) is 4.01. The predicted octanol–water partition coefficient (Wildman–Crippen LogP) is 2.42. The van der Waals surface area contributed by atoms with Gasteiger partial charge in [-0.1, -0.05) is 18.2 Å². The first-order valence-corrected chi connectivity index (χ1v) is 8.33. The highest BCUT2D eigenvalue weighted by atomic mass is 31.2. The van der Waals surface area contributed by atoms with Gasteiger partial charge in [0.15, 0.2) is 0 Å². The smallest absolute Gasteiger partial charge is 0.109 e. The molecular formula is C13H19O2P. The van der Waals surface area contributed by atoms with Gasteiger partial charge in [0.1, 0.15) is 7.14 Å². The van der Waals surface area contributed by atoms with E-state index in [-0.39, 0.29) is 6.10 Å². The van der Waals surface area contributed by atoms with Crippen LogP contribution in [0.2, 0.25) is 0 Å². The molecule has 16 heavy (non-hydrogen) atoms. The number of aliphatic hydroxyl groups excluding tert-OH is 1. The molecule has 3 unspecified atom stereocenters. The molecule has 2 nitrogen and oxygen atoms in total. The monoisotopic (exact) mass is 238 g/mol. The Balaban J connectivity index is 2.22. The second-order valence-electron chi connectivity index (χ2n) is 5.19. The maximum absolute atomic E-state index is 12.0. The molecule has 2 rings (SSSR count). The molecule has 0 radical (unpaired) electrons. The van der Waals surface area contributed by atoms with Crippen molar-refractivity contribution < 1.29 is 9.67 Å². The topological polar surface area (TPSA) is 37.3 Å². The Labute approximate surface area is 97.1 Å². The Kier molecular flexibility index (Phi) is 2.98. The second-order valence-corrected chi connectivity index (χ2v) is 8.41. The molecule has 88 valence electrons. The van der Waals surface area contributed by atoms with Crippen molar-refractivity contribution in [3.8, 4) is 0 Å². The van der Waals surface area contributed by atoms with Gasteiger partial charge in [0.2, 0.25) is 0 Å². The first-order valence-electron chi connectivity index (χ1n) is 5.73. The van der Waals surface area contributed by atoms with Gasteiger partial charge < -0.3 is 9.67 Å². The third-order valence-corrected chi connectivity index (χ3v) is 4.90. The molecular weight excluding hydrogens is 219 g/mol. The van der Waals surface area contributed by atoms with Crippen LogP contribution in [0.25, 0.3) is 0 Å². The molecule has 1 N–H and O–H groups in total. The summed E-state index contributed by atoms with van der Waals surface area (Å²) in [5.41, 5.74) is 1.23. The Morgan fingerprint density at radius 1 is 1.44 bits per heavy atom. The first kappa shape index (κ1) is 11.9. The number of hydrogen-bond acceptors (Lipinski definition) is 2. The van der Waals surface area contributed by atoms with E-state index >= 15 is 0 Å². The molecule has 0 bridgehead atoms. The molecule has 1 aliphatic rings. The summed E-state index contributed by atoms with van der Waals surface area (Å²) < 4.78 is 12.0. The third-order valence-electron chi connectivity index (χ3n) is 3.38. The van der Waals surface area contributed by atoms with E-state index in [2.05, 4.69) is 6.07 Å². The lowest BCUT2D eigenvalue weighted by molar-refractivity contribution is 0.169. The molecule has 3 heteroatoms. The minimum absolute atomic E-state index is 0.233. The van der Waals surface area contributed by atoms with Crippen molar-refractivity contribution in [2.45, 2.75) is 25.4 Å². The van der Waals surface area contributed by atoms with Crippen LogP contribution in [0.4, 0.5) is 0 Å². The highest BCUT2D eigenvalue weighted by molar-refractivity contribution is 7.70. The normalized spacial score (nSPS) is 26.5. The summed E-state index contributed by atoms with van der Waals surface area (Å²) in [6.45, 7) is 5.44. The minimum Gasteiger partial charge on any atom is -0.393 e. The van der Waals surface area contributed by atoms with Crippen LogP contribution in [0.1, 0.15) is 24.8 Å². The fourth-order valence-electron chi connectivity index (χ4n) is 2.22. The maximum atomic E-state index is 12.0. The van der Waals surface area contributed by atoms with Crippen molar-refractivity contribution in [1.29, 1.82) is 0 Å². The molecule has 0 spiro atoms. The van der Waals surface area contributed by atoms with Crippen molar-refractivity contribution in [1.82, 2.24) is 0 Å². The quantitative estimate of drug-likeness (QED) is 0.821. The summed E-state index contributed by atoms with van der Waals surface area (Å²) in [4.78, 5) is 0. The van der Waals surface area contributed by atoms with E-state index in [1.807, 2.05) is 25.1 Å². The summed E-state index contributed by atoms with van der Waals surface area (Å²) in [6, 6.07) is 8.03. The molecule has 1 fully saturated rings. The summed E-state index contributed by atoms with van der Waals surface area (Å²) >= 11 is 0. The number of aliphatic hydroxyl groups is 1. The SMILES string of the molecule is CC(O)C1CC1c1cccc(P(C)(C)=O)c1. The summed E-state index contributed by atoms with van der Waals surface area (Å²) in [5.74, 6) is 0.856. The van der Waals surface area contributed by atoms with Gasteiger partial charge >= 0.3 is 0 Å². The van der Waals surface area contributed by atoms with Gasteiger partial charge in [-0.2, -0.15) is 0 Å². The van der Waals surface area contributed by atoms with Crippen LogP contribution in [0, 0.1) is 5.92 Å². The molecule has 0 aliphatic heterocycles. The predicted molar refractivity (Wildman–Crippen MR) is 68.1 cm³/mol. The summed E-state index contributed by atoms with van der Waals surface area (Å²) in [7, 11) is -2.16. The van der Waals surface area contributed by atoms with E-state index in [1.165, 1.54) is 5.56 Å². The Morgan fingerprint density at radius 3 is 2.62 bits per heavy atom. The van der Waals surface area contributed by atoms with Crippen LogP contribution < -0.4 is 5.30 Å². The lowest BCUT2D eigenvalue weighted by Crippen LogP contribution is -2.06. The number of rotatable bonds is 3. The number of hydrogen-bond donors (Lipinski definition) is 1. The van der Waals surface area contributed by atoms with Crippen molar-refractivity contribution in [3.05, 3.63) is 29.8 Å². The highest BCUT2D eigenvalue weighted by Crippen LogP contribution is 2.49. The van der Waals surface area contributed by atoms with E-state index in [0.717, 1.165) is 11.7 Å². The lowest BCUT2D eigenvalue weighted by atomic mass is 10.1. The van der Waals surface area contributed by atoms with Crippen molar-refractivity contribution >= 4 is 12.4 Å². The average Bonchev–Trinajstić information content (AvgIpc) is 2.96. The van der Waals surface area contributed by atoms with E-state index in [9.17, 15) is 9.67 Å². The van der Waals surface area contributed by atoms with Gasteiger partial charge in [-0.25, -0.2) is 0 Å². The van der Waals surface area contributed by atoms with Gasteiger partial charge in [-0.05, 0) is 50.1 Å². The lowest BCUT2D eigenvalue weighted by Gasteiger charge is -2.09. The molecule has 0 aromatic heterocycles. The zero-order valence-corrected chi connectivity index (χ0v) is 10.9. The molecule has 3 atom stereocenters. The fraction of sp³-hybridized carbons (Fsp3) is 0.538. The van der Waals surface area contributed by atoms with E-state index in [1.54, 1.807) is 13.3 Å². The third kappa shape index (κ3) is 2.39. The molecule has 1 aromatic carbocycles. The zero-order chi connectivity index (χ0) is 11.9. The highest BCUT2D eigenvalue weighted by Gasteiger charge is 2.41. The maximum Gasteiger partial charge on any atom is 0.109 e. The first-order chi connectivity index (χ1) is 7.39. The van der Waals surface area contributed by atoms with Crippen molar-refractivity contribution in [3.63, 3.8) is 0 Å². The average molecular weight is 238 g/mol. The van der Waals surface area contributed by atoms with Crippen LogP contribution in [-0.2, 0) is 4.57 Å². The van der Waals surface area contributed by atoms with Gasteiger partial charge in [0.25, 0.3) is 0 Å². The van der Waals surface area contributed by atoms with Crippen molar-refractivity contribution in [2.24, 2.45) is 5.92 Å². The summed E-state index contributed by atoms with van der Waals surface area (Å²) in [5, 5.41) is 10.4. The standard InChI is InChI=1S/C13H19O2P/c1-9(14)12-8-13(12)10-5-4-6-11(7-10)16(2,3)15/h4-7,9,12-14H,8H2,1-3H3. The Hall–Kier alpha value is -0.590. The van der Waals surface area contributed by atoms with Gasteiger partial charge in [0.05, 0.1) is 6.10 Å². The molecule has 0 heterocycles. The van der Waals surface area contributed by atoms with Crippen molar-refractivity contribution in [2.75, 3.05) is 13.3 Å². The largest absolute Gasteiger partial charge is 0.393 e. The van der Waals surface area contributed by atoms with E-state index < -0.39 is 7.14 Å². The van der Waals surface area contributed by atoms with Gasteiger partial charge in [-0.15, -0.1) is 0 Å².